The van der Waals surface area contributed by atoms with Gasteiger partial charge in [-0.05, 0) is 53.4 Å². The van der Waals surface area contributed by atoms with Crippen molar-refractivity contribution in [1.82, 2.24) is 5.43 Å². The van der Waals surface area contributed by atoms with Crippen molar-refractivity contribution < 1.29 is 14.3 Å². The van der Waals surface area contributed by atoms with Gasteiger partial charge >= 0.3 is 0 Å². The summed E-state index contributed by atoms with van der Waals surface area (Å²) in [6.45, 7) is 0.439. The second-order valence-corrected chi connectivity index (χ2v) is 7.52. The molecular formula is C24H23BrN2O3. The molecule has 0 unspecified atom stereocenters. The molecule has 0 aliphatic rings. The number of benzene rings is 3. The number of nitrogens with one attached hydrogen (secondary N) is 1. The third-order valence-corrected chi connectivity index (χ3v) is 4.91. The van der Waals surface area contributed by atoms with Crippen molar-refractivity contribution in [3.05, 3.63) is 94.0 Å². The predicted molar refractivity (Wildman–Crippen MR) is 122 cm³/mol. The highest BCUT2D eigenvalue weighted by molar-refractivity contribution is 9.10. The summed E-state index contributed by atoms with van der Waals surface area (Å²) in [5.74, 6) is 1.12. The van der Waals surface area contributed by atoms with E-state index in [1.165, 1.54) is 0 Å². The van der Waals surface area contributed by atoms with Crippen LogP contribution in [0.3, 0.4) is 0 Å². The first kappa shape index (κ1) is 21.6. The van der Waals surface area contributed by atoms with Gasteiger partial charge in [-0.25, -0.2) is 5.43 Å². The van der Waals surface area contributed by atoms with E-state index in [0.717, 1.165) is 21.2 Å². The van der Waals surface area contributed by atoms with Crippen molar-refractivity contribution in [2.45, 2.75) is 19.4 Å². The van der Waals surface area contributed by atoms with Crippen LogP contribution in [0, 0.1) is 0 Å². The monoisotopic (exact) mass is 466 g/mol. The van der Waals surface area contributed by atoms with Gasteiger partial charge in [0.05, 0.1) is 13.3 Å². The van der Waals surface area contributed by atoms with Crippen molar-refractivity contribution in [3.63, 3.8) is 0 Å². The number of methoxy groups -OCH3 is 1. The van der Waals surface area contributed by atoms with Crippen LogP contribution in [0.4, 0.5) is 0 Å². The molecule has 5 nitrogen and oxygen atoms in total. The summed E-state index contributed by atoms with van der Waals surface area (Å²) in [5, 5.41) is 4.04. The van der Waals surface area contributed by atoms with Crippen LogP contribution in [0.15, 0.2) is 82.4 Å². The minimum Gasteiger partial charge on any atom is -0.493 e. The van der Waals surface area contributed by atoms with Crippen LogP contribution in [0.5, 0.6) is 11.5 Å². The van der Waals surface area contributed by atoms with E-state index in [9.17, 15) is 4.79 Å². The number of carbonyl (C=O) groups is 1. The number of halogens is 1. The number of hydrogen-bond donors (Lipinski definition) is 1. The first-order valence-corrected chi connectivity index (χ1v) is 10.3. The highest BCUT2D eigenvalue weighted by Gasteiger charge is 2.06. The SMILES string of the molecule is COc1cc(/C=N\NC(=O)CCc2ccccc2)ccc1OCc1ccc(Br)cc1. The number of ether oxygens (including phenoxy) is 2. The molecule has 3 aromatic carbocycles. The number of nitrogens with zero attached hydrogens (tertiary/aromatic N) is 1. The summed E-state index contributed by atoms with van der Waals surface area (Å²) in [6.07, 6.45) is 2.65. The zero-order valence-corrected chi connectivity index (χ0v) is 18.3. The maximum absolute atomic E-state index is 12.0. The highest BCUT2D eigenvalue weighted by Crippen LogP contribution is 2.28. The highest BCUT2D eigenvalue weighted by atomic mass is 79.9. The van der Waals surface area contributed by atoms with E-state index in [1.807, 2.05) is 72.8 Å². The maximum Gasteiger partial charge on any atom is 0.240 e. The van der Waals surface area contributed by atoms with Crippen LogP contribution in [0.25, 0.3) is 0 Å². The maximum atomic E-state index is 12.0. The molecule has 0 aromatic heterocycles. The van der Waals surface area contributed by atoms with Crippen LogP contribution in [0.1, 0.15) is 23.1 Å². The number of rotatable bonds is 9. The Morgan fingerprint density at radius 1 is 1.00 bits per heavy atom. The Kier molecular flexibility index (Phi) is 8.03. The fourth-order valence-corrected chi connectivity index (χ4v) is 3.03. The van der Waals surface area contributed by atoms with Crippen molar-refractivity contribution in [2.24, 2.45) is 5.10 Å². The number of aryl methyl sites for hydroxylation is 1. The Labute approximate surface area is 184 Å². The van der Waals surface area contributed by atoms with E-state index >= 15 is 0 Å². The molecule has 3 rings (SSSR count). The molecule has 154 valence electrons. The van der Waals surface area contributed by atoms with Crippen LogP contribution in [-0.2, 0) is 17.8 Å². The zero-order chi connectivity index (χ0) is 21.2. The Morgan fingerprint density at radius 3 is 2.50 bits per heavy atom. The minimum absolute atomic E-state index is 0.128. The van der Waals surface area contributed by atoms with Crippen molar-refractivity contribution in [3.8, 4) is 11.5 Å². The van der Waals surface area contributed by atoms with Gasteiger partial charge in [0.2, 0.25) is 5.91 Å². The van der Waals surface area contributed by atoms with E-state index in [2.05, 4.69) is 26.5 Å². The van der Waals surface area contributed by atoms with Crippen LogP contribution in [-0.4, -0.2) is 19.2 Å². The van der Waals surface area contributed by atoms with Crippen molar-refractivity contribution >= 4 is 28.1 Å². The lowest BCUT2D eigenvalue weighted by molar-refractivity contribution is -0.121. The minimum atomic E-state index is -0.128. The molecule has 6 heteroatoms. The number of hydrogen-bond acceptors (Lipinski definition) is 4. The lowest BCUT2D eigenvalue weighted by atomic mass is 10.1. The van der Waals surface area contributed by atoms with E-state index in [1.54, 1.807) is 13.3 Å². The summed E-state index contributed by atoms with van der Waals surface area (Å²) >= 11 is 3.42. The first-order chi connectivity index (χ1) is 14.6. The Bertz CT molecular complexity index is 989. The van der Waals surface area contributed by atoms with Gasteiger partial charge in [0.15, 0.2) is 11.5 Å². The standard InChI is InChI=1S/C24H23BrN2O3/c1-29-23-15-20(9-13-22(23)30-17-19-7-11-21(25)12-8-19)16-26-27-24(28)14-10-18-5-3-2-4-6-18/h2-9,11-13,15-16H,10,14,17H2,1H3,(H,27,28)/b26-16-. The lowest BCUT2D eigenvalue weighted by Gasteiger charge is -2.11. The molecule has 0 atom stereocenters. The zero-order valence-electron chi connectivity index (χ0n) is 16.7. The van der Waals surface area contributed by atoms with Crippen molar-refractivity contribution in [1.29, 1.82) is 0 Å². The van der Waals surface area contributed by atoms with Gasteiger partial charge in [-0.2, -0.15) is 5.10 Å². The van der Waals surface area contributed by atoms with Gasteiger partial charge in [0.1, 0.15) is 6.61 Å². The van der Waals surface area contributed by atoms with Gasteiger partial charge in [0.25, 0.3) is 0 Å². The molecule has 1 amide bonds. The molecule has 1 N–H and O–H groups in total. The molecule has 0 fully saturated rings. The van der Waals surface area contributed by atoms with Gasteiger partial charge in [-0.15, -0.1) is 0 Å². The molecule has 0 saturated heterocycles. The lowest BCUT2D eigenvalue weighted by Crippen LogP contribution is -2.17. The van der Waals surface area contributed by atoms with Gasteiger partial charge in [-0.3, -0.25) is 4.79 Å². The third-order valence-electron chi connectivity index (χ3n) is 4.38. The number of hydrazone groups is 1. The molecule has 0 saturated carbocycles. The fourth-order valence-electron chi connectivity index (χ4n) is 2.76. The first-order valence-electron chi connectivity index (χ1n) is 9.55. The van der Waals surface area contributed by atoms with Gasteiger partial charge in [-0.1, -0.05) is 58.4 Å². The summed E-state index contributed by atoms with van der Waals surface area (Å²) in [4.78, 5) is 12.0. The predicted octanol–water partition coefficient (Wildman–Crippen LogP) is 5.12. The van der Waals surface area contributed by atoms with E-state index in [0.29, 0.717) is 30.9 Å². The van der Waals surface area contributed by atoms with E-state index < -0.39 is 0 Å². The molecule has 3 aromatic rings. The topological polar surface area (TPSA) is 59.9 Å². The second-order valence-electron chi connectivity index (χ2n) is 6.60. The molecule has 0 bridgehead atoms. The third kappa shape index (κ3) is 6.74. The summed E-state index contributed by atoms with van der Waals surface area (Å²) in [7, 11) is 1.59. The largest absolute Gasteiger partial charge is 0.493 e. The molecule has 0 radical (unpaired) electrons. The summed E-state index contributed by atoms with van der Waals surface area (Å²) in [6, 6.07) is 23.3. The average molecular weight is 467 g/mol. The Balaban J connectivity index is 1.52. The average Bonchev–Trinajstić information content (AvgIpc) is 2.78. The van der Waals surface area contributed by atoms with Crippen LogP contribution in [0.2, 0.25) is 0 Å². The van der Waals surface area contributed by atoms with E-state index in [4.69, 9.17) is 9.47 Å². The number of amides is 1. The molecule has 0 aliphatic heterocycles. The normalized spacial score (nSPS) is 10.7. The van der Waals surface area contributed by atoms with Crippen LogP contribution < -0.4 is 14.9 Å². The molecule has 0 spiro atoms. The Morgan fingerprint density at radius 2 is 1.77 bits per heavy atom. The Hall–Kier alpha value is -3.12. The summed E-state index contributed by atoms with van der Waals surface area (Å²) in [5.41, 5.74) is 5.54. The molecule has 0 aliphatic carbocycles. The number of carbonyl (C=O) groups excluding carboxylic acids is 1. The smallest absolute Gasteiger partial charge is 0.240 e. The molecule has 30 heavy (non-hydrogen) atoms. The van der Waals surface area contributed by atoms with Gasteiger partial charge in [0, 0.05) is 10.9 Å². The van der Waals surface area contributed by atoms with Crippen molar-refractivity contribution in [2.75, 3.05) is 7.11 Å². The fraction of sp³-hybridized carbons (Fsp3) is 0.167. The van der Waals surface area contributed by atoms with Crippen LogP contribution >= 0.6 is 15.9 Å². The molecular weight excluding hydrogens is 444 g/mol. The summed E-state index contributed by atoms with van der Waals surface area (Å²) < 4.78 is 12.3. The van der Waals surface area contributed by atoms with Gasteiger partial charge < -0.3 is 9.47 Å². The quantitative estimate of drug-likeness (QED) is 0.351. The van der Waals surface area contributed by atoms with E-state index in [-0.39, 0.29) is 5.91 Å². The second kappa shape index (κ2) is 11.2. The molecule has 0 heterocycles.